The fourth-order valence-electron chi connectivity index (χ4n) is 19.0. The maximum Gasteiger partial charge on any atom is 0.323 e. The summed E-state index contributed by atoms with van der Waals surface area (Å²) in [6.45, 7) is 11.7. The molecule has 4 aliphatic rings. The van der Waals surface area contributed by atoms with Crippen molar-refractivity contribution in [3.05, 3.63) is 255 Å². The van der Waals surface area contributed by atoms with Gasteiger partial charge in [-0.3, -0.25) is 9.59 Å². The zero-order chi connectivity index (χ0) is 101. The topological polar surface area (TPSA) is 576 Å². The molecule has 14 aromatic heterocycles. The molecule has 4 saturated heterocycles. The van der Waals surface area contributed by atoms with Crippen molar-refractivity contribution in [1.82, 2.24) is 158 Å². The van der Waals surface area contributed by atoms with E-state index in [1.807, 2.05) is 170 Å². The average Bonchev–Trinajstić information content (AvgIpc) is 1.51. The lowest BCUT2D eigenvalue weighted by atomic mass is 10.1. The molecule has 18 heterocycles. The molecule has 0 unspecified atom stereocenters. The maximum absolute atomic E-state index is 11.5. The van der Waals surface area contributed by atoms with Gasteiger partial charge in [-0.15, -0.1) is 20.4 Å². The Labute approximate surface area is 842 Å². The zero-order valence-corrected chi connectivity index (χ0v) is 79.6. The number of aliphatic carboxylic acids is 2. The first kappa shape index (κ1) is 93.1. The van der Waals surface area contributed by atoms with Crippen molar-refractivity contribution in [1.29, 1.82) is 0 Å². The number of aliphatic hydroxyl groups excluding tert-OH is 2. The minimum atomic E-state index is -1.00. The molecule has 750 valence electrons. The Balaban J connectivity index is 0.000000109. The van der Waals surface area contributed by atoms with E-state index in [9.17, 15) is 50.4 Å². The molecule has 0 saturated carbocycles. The highest BCUT2D eigenvalue weighted by Gasteiger charge is 2.32. The van der Waals surface area contributed by atoms with Crippen LogP contribution in [0.15, 0.2) is 232 Å². The molecule has 0 amide bonds. The number of para-hydroxylation sites is 3. The standard InChI is InChI=1S/C25H24N12O.2C25H24N8O4.C24H22N12O/c38-19-7-5-18(6-8-19)34-11-13-35(14-12-34)25-28-23-22(26-16-36(23)10-9-21-30-32-33-31-21)24(29-25)37-20-4-2-1-3-17(20)15-27-37;34-14-16-2-1-3-20-19(16)12-27-33(20)24-22-23(32(15-26-22)13-21(36)37)28-25(29-24)31-10-8-30(9-11-31)17-4-6-18(35)7-5-17;34-14-19-18-3-1-2-4-20(18)33(29-19)24-22-23(32(15-26-22)13-21(36)37)27-25(28-24)31-11-9-30(10-12-31)16-5-7-17(35)8-6-16;37-18-7-5-17(6-8-18)33-9-11-34(12-10-33)24-27-22-21(25-15-35(22)14-20-29-31-32-30-20)23(28-24)36-19-4-2-1-3-16(19)13-26-36/h1-8,15-16,38H,9-14H2,(H,30,31,32,33);1-7,12,15,34-35H,8-11,13-14H2,(H,36,37);1-8,15,34-35H,9-14H2,(H,36,37);1-8,13,15,37H,9-12,14H2,(H,29,30,31,32). The number of aromatic amines is 2. The lowest BCUT2D eigenvalue weighted by Gasteiger charge is -2.36. The van der Waals surface area contributed by atoms with Crippen molar-refractivity contribution in [3.8, 4) is 46.3 Å². The Morgan fingerprint density at radius 2 is 0.658 bits per heavy atom. The summed E-state index contributed by atoms with van der Waals surface area (Å²) in [7, 11) is 0. The van der Waals surface area contributed by atoms with Crippen LogP contribution in [0.25, 0.3) is 112 Å². The van der Waals surface area contributed by atoms with Crippen LogP contribution >= 0.6 is 0 Å². The van der Waals surface area contributed by atoms with E-state index < -0.39 is 11.9 Å². The number of piperazine rings is 4. The van der Waals surface area contributed by atoms with Crippen molar-refractivity contribution >= 4 is 147 Å². The van der Waals surface area contributed by atoms with Crippen molar-refractivity contribution in [3.63, 3.8) is 0 Å². The van der Waals surface area contributed by atoms with E-state index in [4.69, 9.17) is 44.9 Å². The van der Waals surface area contributed by atoms with Crippen LogP contribution in [0.1, 0.15) is 22.9 Å². The summed E-state index contributed by atoms with van der Waals surface area (Å²) in [5, 5.41) is 128. The van der Waals surface area contributed by atoms with E-state index in [2.05, 4.69) is 116 Å². The van der Waals surface area contributed by atoms with Crippen LogP contribution in [0.5, 0.6) is 23.0 Å². The van der Waals surface area contributed by atoms with Crippen molar-refractivity contribution < 1.29 is 50.4 Å². The number of H-pyrrole nitrogens is 2. The van der Waals surface area contributed by atoms with Crippen molar-refractivity contribution in [2.45, 2.75) is 45.8 Å². The molecule has 0 radical (unpaired) electrons. The Morgan fingerprint density at radius 3 is 1.05 bits per heavy atom. The van der Waals surface area contributed by atoms with Crippen LogP contribution in [0, 0.1) is 0 Å². The first-order valence-corrected chi connectivity index (χ1v) is 48.0. The number of hydrogen-bond acceptors (Lipinski definition) is 38. The van der Waals surface area contributed by atoms with Gasteiger partial charge in [0.1, 0.15) is 36.1 Å². The fourth-order valence-corrected chi connectivity index (χ4v) is 19.0. The summed E-state index contributed by atoms with van der Waals surface area (Å²) in [6, 6.07) is 58.0. The van der Waals surface area contributed by atoms with Gasteiger partial charge in [-0.1, -0.05) is 77.2 Å². The number of imidazole rings is 4. The fraction of sp³-hybridized carbons (Fsp3) is 0.232. The Kier molecular flexibility index (Phi) is 25.2. The van der Waals surface area contributed by atoms with Crippen molar-refractivity contribution in [2.75, 3.05) is 144 Å². The third-order valence-corrected chi connectivity index (χ3v) is 26.6. The number of nitrogens with zero attached hydrogens (tertiary/aromatic N) is 38. The zero-order valence-electron chi connectivity index (χ0n) is 79.6. The number of fused-ring (bicyclic) bond motifs is 8. The molecule has 0 aliphatic carbocycles. The van der Waals surface area contributed by atoms with Gasteiger partial charge in [-0.05, 0) is 127 Å². The van der Waals surface area contributed by atoms with Gasteiger partial charge in [-0.2, -0.15) is 70.7 Å². The number of carbonyl (C=O) groups is 2. The van der Waals surface area contributed by atoms with E-state index in [1.165, 1.54) is 21.8 Å². The lowest BCUT2D eigenvalue weighted by Crippen LogP contribution is -2.47. The summed E-state index contributed by atoms with van der Waals surface area (Å²) in [6.07, 6.45) is 12.3. The maximum atomic E-state index is 11.5. The molecule has 4 aliphatic heterocycles. The highest BCUT2D eigenvalue weighted by atomic mass is 16.4. The van der Waals surface area contributed by atoms with E-state index in [-0.39, 0.29) is 49.3 Å². The summed E-state index contributed by atoms with van der Waals surface area (Å²) >= 11 is 0. The number of phenols is 4. The summed E-state index contributed by atoms with van der Waals surface area (Å²) in [4.78, 5) is 97.8. The van der Waals surface area contributed by atoms with Gasteiger partial charge in [0.05, 0.1) is 91.4 Å². The summed E-state index contributed by atoms with van der Waals surface area (Å²) in [5.74, 6) is 4.43. The molecule has 0 bridgehead atoms. The number of aromatic hydroxyl groups is 4. The van der Waals surface area contributed by atoms with Crippen LogP contribution in [0.4, 0.5) is 46.5 Å². The smallest absolute Gasteiger partial charge is 0.323 e. The number of tetrazole rings is 2. The Morgan fingerprint density at radius 1 is 0.322 bits per heavy atom. The second-order valence-corrected chi connectivity index (χ2v) is 35.6. The van der Waals surface area contributed by atoms with E-state index in [0.29, 0.717) is 149 Å². The number of carboxylic acids is 2. The lowest BCUT2D eigenvalue weighted by molar-refractivity contribution is -0.138. The van der Waals surface area contributed by atoms with Gasteiger partial charge in [0, 0.05) is 162 Å². The van der Waals surface area contributed by atoms with E-state index in [0.717, 1.165) is 156 Å². The molecule has 149 heavy (non-hydrogen) atoms. The molecule has 50 nitrogen and oxygen atoms in total. The SMILES string of the molecule is O=C(O)Cn1cnc2c(-n3nc(CO)c4ccccc43)nc(N3CCN(c4ccc(O)cc4)CC3)nc21.O=C(O)Cn1cnc2c(-n3ncc4c(CO)cccc43)nc(N3CCN(c4ccc(O)cc4)CC3)nc21.Oc1ccc(N2CCN(c3nc(-n4ncc5ccccc54)c4ncn(CCc5nn[nH]n5)c4n3)CC2)cc1.Oc1ccc(N2CCN(c3nc(-n4ncc5ccccc54)c4ncn(Cc5nn[nH]n5)c4n3)CC2)cc1. The van der Waals surface area contributed by atoms with Gasteiger partial charge in [0.25, 0.3) is 0 Å². The highest BCUT2D eigenvalue weighted by Crippen LogP contribution is 2.36. The van der Waals surface area contributed by atoms with Crippen LogP contribution in [0.3, 0.4) is 0 Å². The number of anilines is 8. The summed E-state index contributed by atoms with van der Waals surface area (Å²) < 4.78 is 13.8. The number of hydrogen-bond donors (Lipinski definition) is 10. The first-order chi connectivity index (χ1) is 73.0. The number of aryl methyl sites for hydroxylation is 2. The van der Waals surface area contributed by atoms with Gasteiger partial charge < -0.3 is 98.3 Å². The van der Waals surface area contributed by atoms with Crippen LogP contribution in [-0.2, 0) is 55.4 Å². The number of nitrogens with one attached hydrogen (secondary N) is 2. The predicted octanol–water partition coefficient (Wildman–Crippen LogP) is 7.26. The molecule has 8 aromatic carbocycles. The molecule has 26 rings (SSSR count). The van der Waals surface area contributed by atoms with Gasteiger partial charge in [0.15, 0.2) is 79.6 Å². The van der Waals surface area contributed by atoms with Gasteiger partial charge in [0.2, 0.25) is 23.8 Å². The molecule has 22 aromatic rings. The van der Waals surface area contributed by atoms with Crippen LogP contribution in [-0.4, -0.2) is 316 Å². The molecule has 50 heteroatoms. The number of phenolic OH excluding ortho intramolecular Hbond substituents is 4. The highest BCUT2D eigenvalue weighted by molar-refractivity contribution is 5.92. The van der Waals surface area contributed by atoms with Gasteiger partial charge in [-0.25, -0.2) is 38.7 Å². The quantitative estimate of drug-likeness (QED) is 0.0301. The normalized spacial score (nSPS) is 14.1. The molecule has 4 fully saturated rings. The minimum absolute atomic E-state index is 0.119. The first-order valence-electron chi connectivity index (χ1n) is 48.0. The Bertz CT molecular complexity index is 8570. The number of carboxylic acid groups (broad SMARTS) is 2. The van der Waals surface area contributed by atoms with Crippen LogP contribution in [0.2, 0.25) is 0 Å². The second kappa shape index (κ2) is 40.3. The van der Waals surface area contributed by atoms with Crippen molar-refractivity contribution in [2.24, 2.45) is 0 Å². The largest absolute Gasteiger partial charge is 0.508 e. The number of aliphatic hydroxyl groups is 2. The molecule has 0 spiro atoms. The third-order valence-electron chi connectivity index (χ3n) is 26.6. The molecule has 0 atom stereocenters. The molecule has 10 N–H and O–H groups in total. The van der Waals surface area contributed by atoms with Crippen LogP contribution < -0.4 is 39.2 Å². The van der Waals surface area contributed by atoms with E-state index >= 15 is 0 Å². The average molecular weight is 2000 g/mol. The Hall–Kier alpha value is -19.6. The monoisotopic (exact) mass is 2000 g/mol. The number of aromatic nitrogens is 32. The summed E-state index contributed by atoms with van der Waals surface area (Å²) in [5.41, 5.74) is 13.3. The molecular formula is C99H94N40O10. The number of rotatable bonds is 23. The van der Waals surface area contributed by atoms with E-state index in [1.54, 1.807) is 76.7 Å². The third kappa shape index (κ3) is 18.9. The predicted molar refractivity (Wildman–Crippen MR) is 548 cm³/mol. The molecular weight excluding hydrogens is 1910 g/mol. The minimum Gasteiger partial charge on any atom is -0.508 e. The second-order valence-electron chi connectivity index (χ2n) is 35.6. The van der Waals surface area contributed by atoms with Gasteiger partial charge >= 0.3 is 11.9 Å². The number of benzene rings is 8.